The lowest BCUT2D eigenvalue weighted by Gasteiger charge is -2.10. The lowest BCUT2D eigenvalue weighted by atomic mass is 9.99. The van der Waals surface area contributed by atoms with E-state index in [1.807, 2.05) is 12.1 Å². The van der Waals surface area contributed by atoms with E-state index in [-0.39, 0.29) is 5.97 Å². The summed E-state index contributed by atoms with van der Waals surface area (Å²) in [6, 6.07) is 6.02. The summed E-state index contributed by atoms with van der Waals surface area (Å²) < 4.78 is 5.11. The summed E-state index contributed by atoms with van der Waals surface area (Å²) in [6.07, 6.45) is 0.953. The fourth-order valence-corrected chi connectivity index (χ4v) is 1.45. The molecule has 0 bridgehead atoms. The van der Waals surface area contributed by atoms with Crippen LogP contribution in [0.3, 0.4) is 0 Å². The van der Waals surface area contributed by atoms with Crippen LogP contribution < -0.4 is 4.74 Å². The molecule has 0 aliphatic rings. The smallest absolute Gasteiger partial charge is 0.308 e. The van der Waals surface area contributed by atoms with Gasteiger partial charge in [-0.1, -0.05) is 26.8 Å². The van der Waals surface area contributed by atoms with E-state index in [1.165, 1.54) is 18.1 Å². The van der Waals surface area contributed by atoms with Crippen molar-refractivity contribution in [2.45, 2.75) is 40.0 Å². The van der Waals surface area contributed by atoms with Crippen molar-refractivity contribution in [3.05, 3.63) is 29.3 Å². The monoisotopic (exact) mass is 206 g/mol. The largest absolute Gasteiger partial charge is 0.427 e. The minimum Gasteiger partial charge on any atom is -0.427 e. The van der Waals surface area contributed by atoms with Gasteiger partial charge in [0.1, 0.15) is 5.75 Å². The van der Waals surface area contributed by atoms with Crippen molar-refractivity contribution >= 4 is 5.97 Å². The molecule has 2 heteroatoms. The minimum absolute atomic E-state index is 0.266. The summed E-state index contributed by atoms with van der Waals surface area (Å²) in [5.41, 5.74) is 2.42. The van der Waals surface area contributed by atoms with Crippen LogP contribution in [-0.4, -0.2) is 5.97 Å². The van der Waals surface area contributed by atoms with Gasteiger partial charge in [-0.3, -0.25) is 4.79 Å². The zero-order valence-electron chi connectivity index (χ0n) is 9.83. The van der Waals surface area contributed by atoms with Crippen LogP contribution >= 0.6 is 0 Å². The number of carbonyl (C=O) groups excluding carboxylic acids is 1. The first-order valence-electron chi connectivity index (χ1n) is 5.35. The van der Waals surface area contributed by atoms with Crippen molar-refractivity contribution in [2.24, 2.45) is 0 Å². The van der Waals surface area contributed by atoms with Crippen LogP contribution in [0, 0.1) is 0 Å². The predicted octanol–water partition coefficient (Wildman–Crippen LogP) is 3.30. The molecule has 0 saturated carbocycles. The average molecular weight is 206 g/mol. The molecule has 0 atom stereocenters. The Balaban J connectivity index is 3.05. The van der Waals surface area contributed by atoms with Crippen molar-refractivity contribution in [1.29, 1.82) is 0 Å². The van der Waals surface area contributed by atoms with E-state index in [2.05, 4.69) is 26.8 Å². The molecule has 0 amide bonds. The molecule has 0 aliphatic carbocycles. The van der Waals surface area contributed by atoms with Crippen LogP contribution in [0.2, 0.25) is 0 Å². The Bertz CT molecular complexity index is 354. The van der Waals surface area contributed by atoms with Crippen LogP contribution in [0.4, 0.5) is 0 Å². The normalized spacial score (nSPS) is 10.5. The second kappa shape index (κ2) is 4.96. The van der Waals surface area contributed by atoms with Crippen molar-refractivity contribution in [2.75, 3.05) is 0 Å². The molecular weight excluding hydrogens is 188 g/mol. The Morgan fingerprint density at radius 3 is 2.47 bits per heavy atom. The summed E-state index contributed by atoms with van der Waals surface area (Å²) in [5.74, 6) is 0.842. The summed E-state index contributed by atoms with van der Waals surface area (Å²) in [4.78, 5) is 10.9. The third kappa shape index (κ3) is 3.39. The first-order valence-corrected chi connectivity index (χ1v) is 5.35. The van der Waals surface area contributed by atoms with E-state index in [1.54, 1.807) is 0 Å². The zero-order chi connectivity index (χ0) is 11.4. The molecule has 0 radical (unpaired) electrons. The van der Waals surface area contributed by atoms with Crippen LogP contribution in [0.5, 0.6) is 5.75 Å². The average Bonchev–Trinajstić information content (AvgIpc) is 2.16. The van der Waals surface area contributed by atoms with Gasteiger partial charge in [-0.15, -0.1) is 0 Å². The molecule has 0 heterocycles. The maximum Gasteiger partial charge on any atom is 0.308 e. The first-order chi connectivity index (χ1) is 7.02. The zero-order valence-corrected chi connectivity index (χ0v) is 9.83. The van der Waals surface area contributed by atoms with Gasteiger partial charge < -0.3 is 4.74 Å². The molecule has 15 heavy (non-hydrogen) atoms. The second-order valence-electron chi connectivity index (χ2n) is 4.01. The number of hydrogen-bond acceptors (Lipinski definition) is 2. The third-order valence-electron chi connectivity index (χ3n) is 2.33. The van der Waals surface area contributed by atoms with Crippen LogP contribution in [0.15, 0.2) is 18.2 Å². The molecule has 0 fully saturated rings. The highest BCUT2D eigenvalue weighted by Crippen LogP contribution is 2.23. The minimum atomic E-state index is -0.266. The van der Waals surface area contributed by atoms with E-state index in [9.17, 15) is 4.79 Å². The molecule has 1 aromatic rings. The van der Waals surface area contributed by atoms with Gasteiger partial charge >= 0.3 is 5.97 Å². The van der Waals surface area contributed by atoms with E-state index < -0.39 is 0 Å². The number of hydrogen-bond donors (Lipinski definition) is 0. The van der Waals surface area contributed by atoms with Gasteiger partial charge in [0.2, 0.25) is 0 Å². The van der Waals surface area contributed by atoms with Crippen molar-refractivity contribution < 1.29 is 9.53 Å². The number of benzene rings is 1. The molecule has 82 valence electrons. The topological polar surface area (TPSA) is 26.3 Å². The van der Waals surface area contributed by atoms with Crippen LogP contribution in [0.1, 0.15) is 44.7 Å². The van der Waals surface area contributed by atoms with E-state index in [0.717, 1.165) is 6.42 Å². The fourth-order valence-electron chi connectivity index (χ4n) is 1.45. The first kappa shape index (κ1) is 11.8. The van der Waals surface area contributed by atoms with Gasteiger partial charge in [-0.2, -0.15) is 0 Å². The number of esters is 1. The quantitative estimate of drug-likeness (QED) is 0.560. The van der Waals surface area contributed by atoms with Gasteiger partial charge in [0, 0.05) is 6.92 Å². The Labute approximate surface area is 91.3 Å². The molecule has 0 N–H and O–H groups in total. The van der Waals surface area contributed by atoms with E-state index >= 15 is 0 Å². The number of aryl methyl sites for hydroxylation is 1. The Morgan fingerprint density at radius 1 is 1.33 bits per heavy atom. The van der Waals surface area contributed by atoms with Crippen LogP contribution in [-0.2, 0) is 11.2 Å². The highest BCUT2D eigenvalue weighted by atomic mass is 16.5. The molecule has 0 aromatic heterocycles. The standard InChI is InChI=1S/C13H18O2/c1-5-11-6-12(9(2)3)8-13(7-11)15-10(4)14/h6-9H,5H2,1-4H3. The number of rotatable bonds is 3. The molecule has 0 saturated heterocycles. The van der Waals surface area contributed by atoms with Crippen molar-refractivity contribution in [3.8, 4) is 5.75 Å². The lowest BCUT2D eigenvalue weighted by molar-refractivity contribution is -0.131. The summed E-state index contributed by atoms with van der Waals surface area (Å²) in [6.45, 7) is 7.78. The Kier molecular flexibility index (Phi) is 3.89. The molecular formula is C13H18O2. The van der Waals surface area contributed by atoms with E-state index in [4.69, 9.17) is 4.74 Å². The predicted molar refractivity (Wildman–Crippen MR) is 61.2 cm³/mol. The van der Waals surface area contributed by atoms with Crippen LogP contribution in [0.25, 0.3) is 0 Å². The third-order valence-corrected chi connectivity index (χ3v) is 2.33. The lowest BCUT2D eigenvalue weighted by Crippen LogP contribution is -2.03. The maximum absolute atomic E-state index is 10.9. The molecule has 2 nitrogen and oxygen atoms in total. The second-order valence-corrected chi connectivity index (χ2v) is 4.01. The summed E-state index contributed by atoms with van der Waals surface area (Å²) in [5, 5.41) is 0. The molecule has 1 aromatic carbocycles. The van der Waals surface area contributed by atoms with Gasteiger partial charge in [0.25, 0.3) is 0 Å². The maximum atomic E-state index is 10.9. The van der Waals surface area contributed by atoms with Crippen molar-refractivity contribution in [3.63, 3.8) is 0 Å². The van der Waals surface area contributed by atoms with E-state index in [0.29, 0.717) is 11.7 Å². The van der Waals surface area contributed by atoms with Gasteiger partial charge in [-0.05, 0) is 35.6 Å². The van der Waals surface area contributed by atoms with Gasteiger partial charge in [0.15, 0.2) is 0 Å². The highest BCUT2D eigenvalue weighted by molar-refractivity contribution is 5.69. The SMILES string of the molecule is CCc1cc(OC(C)=O)cc(C(C)C)c1. The Hall–Kier alpha value is -1.31. The van der Waals surface area contributed by atoms with Gasteiger partial charge in [0.05, 0.1) is 0 Å². The summed E-state index contributed by atoms with van der Waals surface area (Å²) >= 11 is 0. The number of ether oxygens (including phenoxy) is 1. The number of carbonyl (C=O) groups is 1. The van der Waals surface area contributed by atoms with Gasteiger partial charge in [-0.25, -0.2) is 0 Å². The molecule has 0 aliphatic heterocycles. The summed E-state index contributed by atoms with van der Waals surface area (Å²) in [7, 11) is 0. The molecule has 0 unspecified atom stereocenters. The molecule has 1 rings (SSSR count). The molecule has 0 spiro atoms. The Morgan fingerprint density at radius 2 is 2.00 bits per heavy atom. The fraction of sp³-hybridized carbons (Fsp3) is 0.462. The van der Waals surface area contributed by atoms with Crippen molar-refractivity contribution in [1.82, 2.24) is 0 Å². The highest BCUT2D eigenvalue weighted by Gasteiger charge is 2.05.